The van der Waals surface area contributed by atoms with Gasteiger partial charge in [0, 0.05) is 49.8 Å². The lowest BCUT2D eigenvalue weighted by Gasteiger charge is -2.41. The van der Waals surface area contributed by atoms with E-state index in [0.29, 0.717) is 44.3 Å². The summed E-state index contributed by atoms with van der Waals surface area (Å²) in [5.74, 6) is 2.23. The smallest absolute Gasteiger partial charge is 0.225 e. The normalized spacial score (nSPS) is 19.2. The average Bonchev–Trinajstić information content (AvgIpc) is 3.54. The molecule has 2 aromatic heterocycles. The van der Waals surface area contributed by atoms with Crippen molar-refractivity contribution >= 4 is 17.4 Å². The highest BCUT2D eigenvalue weighted by Crippen LogP contribution is 2.48. The first-order chi connectivity index (χ1) is 14.8. The van der Waals surface area contributed by atoms with Crippen molar-refractivity contribution in [1.29, 1.82) is 0 Å². The molecule has 3 heterocycles. The number of aromatic nitrogens is 2. The summed E-state index contributed by atoms with van der Waals surface area (Å²) in [6, 6.07) is 0.0891. The topological polar surface area (TPSA) is 97.7 Å². The molecule has 0 unspecified atom stereocenters. The Labute approximate surface area is 183 Å². The summed E-state index contributed by atoms with van der Waals surface area (Å²) in [4.78, 5) is 21.8. The Kier molecular flexibility index (Phi) is 5.92. The summed E-state index contributed by atoms with van der Waals surface area (Å²) in [6.07, 6.45) is 2.70. The van der Waals surface area contributed by atoms with Gasteiger partial charge in [-0.3, -0.25) is 4.79 Å². The van der Waals surface area contributed by atoms with E-state index in [9.17, 15) is 4.79 Å². The summed E-state index contributed by atoms with van der Waals surface area (Å²) in [5, 5.41) is 4.15. The molecule has 1 aliphatic heterocycles. The molecule has 1 atom stereocenters. The maximum atomic E-state index is 12.5. The fourth-order valence-electron chi connectivity index (χ4n) is 4.63. The van der Waals surface area contributed by atoms with Crippen LogP contribution in [0.5, 0.6) is 0 Å². The zero-order valence-electron chi connectivity index (χ0n) is 19.2. The van der Waals surface area contributed by atoms with E-state index in [-0.39, 0.29) is 11.9 Å². The number of rotatable bonds is 6. The van der Waals surface area contributed by atoms with Crippen LogP contribution >= 0.6 is 0 Å². The number of aryl methyl sites for hydroxylation is 2. The van der Waals surface area contributed by atoms with Crippen LogP contribution in [0.25, 0.3) is 11.1 Å². The second kappa shape index (κ2) is 8.49. The van der Waals surface area contributed by atoms with E-state index in [2.05, 4.69) is 23.9 Å². The Balaban J connectivity index is 1.66. The third kappa shape index (κ3) is 4.01. The first-order valence-electron chi connectivity index (χ1n) is 11.1. The first kappa shape index (κ1) is 21.6. The molecule has 168 valence electrons. The molecular weight excluding hydrogens is 394 g/mol. The van der Waals surface area contributed by atoms with Crippen LogP contribution in [0.4, 0.5) is 11.5 Å². The molecule has 2 N–H and O–H groups in total. The number of pyridine rings is 1. The number of hydrogen-bond donors (Lipinski definition) is 1. The predicted molar refractivity (Wildman–Crippen MR) is 120 cm³/mol. The van der Waals surface area contributed by atoms with E-state index in [0.717, 1.165) is 52.5 Å². The molecular formula is C23H33N5O3. The summed E-state index contributed by atoms with van der Waals surface area (Å²) >= 11 is 0. The molecule has 1 saturated heterocycles. The number of hydrogen-bond acceptors (Lipinski definition) is 7. The van der Waals surface area contributed by atoms with Crippen LogP contribution in [-0.4, -0.2) is 60.3 Å². The first-order valence-corrected chi connectivity index (χ1v) is 11.1. The van der Waals surface area contributed by atoms with Gasteiger partial charge in [-0.15, -0.1) is 0 Å². The number of carbonyl (C=O) groups is 1. The molecule has 0 radical (unpaired) electrons. The van der Waals surface area contributed by atoms with Crippen molar-refractivity contribution in [3.05, 3.63) is 22.7 Å². The van der Waals surface area contributed by atoms with Crippen molar-refractivity contribution in [2.45, 2.75) is 58.9 Å². The van der Waals surface area contributed by atoms with Gasteiger partial charge in [-0.25, -0.2) is 4.98 Å². The van der Waals surface area contributed by atoms with Crippen LogP contribution in [0.2, 0.25) is 0 Å². The summed E-state index contributed by atoms with van der Waals surface area (Å²) < 4.78 is 10.5. The third-order valence-electron chi connectivity index (χ3n) is 6.52. The second-order valence-electron chi connectivity index (χ2n) is 8.83. The SMILES string of the molecule is COCCC(=O)N1CCN(c2nc(C3CC3)c(-c3c(C)noc3C)c(C)c2N)C[C@H]1C. The molecule has 1 amide bonds. The fourth-order valence-corrected chi connectivity index (χ4v) is 4.63. The minimum absolute atomic E-state index is 0.0891. The van der Waals surface area contributed by atoms with Gasteiger partial charge in [0.05, 0.1) is 30.1 Å². The van der Waals surface area contributed by atoms with Gasteiger partial charge in [0.2, 0.25) is 5.91 Å². The van der Waals surface area contributed by atoms with E-state index >= 15 is 0 Å². The molecule has 2 aliphatic rings. The minimum Gasteiger partial charge on any atom is -0.396 e. The molecule has 1 saturated carbocycles. The van der Waals surface area contributed by atoms with Gasteiger partial charge in [-0.2, -0.15) is 0 Å². The van der Waals surface area contributed by atoms with Crippen molar-refractivity contribution in [2.24, 2.45) is 0 Å². The maximum Gasteiger partial charge on any atom is 0.225 e. The van der Waals surface area contributed by atoms with E-state index < -0.39 is 0 Å². The van der Waals surface area contributed by atoms with Crippen molar-refractivity contribution < 1.29 is 14.1 Å². The number of piperazine rings is 1. The highest BCUT2D eigenvalue weighted by Gasteiger charge is 2.35. The predicted octanol–water partition coefficient (Wildman–Crippen LogP) is 3.20. The van der Waals surface area contributed by atoms with E-state index in [1.165, 1.54) is 0 Å². The monoisotopic (exact) mass is 427 g/mol. The van der Waals surface area contributed by atoms with Crippen LogP contribution in [-0.2, 0) is 9.53 Å². The molecule has 8 nitrogen and oxygen atoms in total. The minimum atomic E-state index is 0.0891. The van der Waals surface area contributed by atoms with E-state index in [1.807, 2.05) is 18.7 Å². The number of nitrogens with zero attached hydrogens (tertiary/aromatic N) is 4. The number of amides is 1. The Morgan fingerprint density at radius 1 is 1.23 bits per heavy atom. The van der Waals surface area contributed by atoms with E-state index in [4.69, 9.17) is 20.0 Å². The molecule has 1 aliphatic carbocycles. The van der Waals surface area contributed by atoms with Crippen LogP contribution < -0.4 is 10.6 Å². The highest BCUT2D eigenvalue weighted by atomic mass is 16.5. The van der Waals surface area contributed by atoms with Crippen molar-refractivity contribution in [3.63, 3.8) is 0 Å². The van der Waals surface area contributed by atoms with Crippen LogP contribution in [0, 0.1) is 20.8 Å². The van der Waals surface area contributed by atoms with Gasteiger partial charge in [0.15, 0.2) is 5.82 Å². The lowest BCUT2D eigenvalue weighted by Crippen LogP contribution is -2.54. The quantitative estimate of drug-likeness (QED) is 0.756. The maximum absolute atomic E-state index is 12.5. The van der Waals surface area contributed by atoms with Gasteiger partial charge in [-0.1, -0.05) is 5.16 Å². The molecule has 2 aromatic rings. The molecule has 8 heteroatoms. The summed E-state index contributed by atoms with van der Waals surface area (Å²) in [6.45, 7) is 10.6. The van der Waals surface area contributed by atoms with Gasteiger partial charge in [0.25, 0.3) is 0 Å². The van der Waals surface area contributed by atoms with Gasteiger partial charge in [0.1, 0.15) is 5.76 Å². The zero-order chi connectivity index (χ0) is 22.3. The van der Waals surface area contributed by atoms with Crippen molar-refractivity contribution in [1.82, 2.24) is 15.0 Å². The van der Waals surface area contributed by atoms with Crippen molar-refractivity contribution in [3.8, 4) is 11.1 Å². The average molecular weight is 428 g/mol. The number of nitrogens with two attached hydrogens (primary N) is 1. The second-order valence-corrected chi connectivity index (χ2v) is 8.83. The van der Waals surface area contributed by atoms with Gasteiger partial charge >= 0.3 is 0 Å². The Morgan fingerprint density at radius 2 is 1.97 bits per heavy atom. The number of carbonyl (C=O) groups excluding carboxylic acids is 1. The molecule has 0 aromatic carbocycles. The van der Waals surface area contributed by atoms with E-state index in [1.54, 1.807) is 7.11 Å². The Bertz CT molecular complexity index is 963. The van der Waals surface area contributed by atoms with Crippen LogP contribution in [0.15, 0.2) is 4.52 Å². The fraction of sp³-hybridized carbons (Fsp3) is 0.609. The van der Waals surface area contributed by atoms with Crippen molar-refractivity contribution in [2.75, 3.05) is 44.0 Å². The Hall–Kier alpha value is -2.61. The standard InChI is InChI=1S/C23H33N5O3/c1-13-12-27(9-10-28(13)18(29)8-11-30-5)23-21(24)14(2)19(22(25-23)17-6-7-17)20-15(3)26-31-16(20)4/h13,17H,6-12,24H2,1-5H3/t13-/m1/s1. The number of anilines is 2. The third-order valence-corrected chi connectivity index (χ3v) is 6.52. The lowest BCUT2D eigenvalue weighted by atomic mass is 9.94. The number of nitrogen functional groups attached to an aromatic ring is 1. The highest BCUT2D eigenvalue weighted by molar-refractivity contribution is 5.83. The number of ether oxygens (including phenoxy) is 1. The molecule has 2 fully saturated rings. The summed E-state index contributed by atoms with van der Waals surface area (Å²) in [7, 11) is 1.62. The number of methoxy groups -OCH3 is 1. The Morgan fingerprint density at radius 3 is 2.55 bits per heavy atom. The largest absolute Gasteiger partial charge is 0.396 e. The van der Waals surface area contributed by atoms with Crippen LogP contribution in [0.1, 0.15) is 54.8 Å². The molecule has 31 heavy (non-hydrogen) atoms. The van der Waals surface area contributed by atoms with Gasteiger partial charge in [-0.05, 0) is 46.1 Å². The zero-order valence-corrected chi connectivity index (χ0v) is 19.2. The van der Waals surface area contributed by atoms with Gasteiger partial charge < -0.3 is 24.8 Å². The molecule has 4 rings (SSSR count). The lowest BCUT2D eigenvalue weighted by molar-refractivity contribution is -0.134. The molecule has 0 spiro atoms. The molecule has 0 bridgehead atoms. The van der Waals surface area contributed by atoms with Crippen LogP contribution in [0.3, 0.4) is 0 Å². The summed E-state index contributed by atoms with van der Waals surface area (Å²) in [5.41, 5.74) is 12.5.